The Labute approximate surface area is 166 Å². The second kappa shape index (κ2) is 8.54. The Kier molecular flexibility index (Phi) is 6.11. The number of hydrogen-bond donors (Lipinski definition) is 0. The predicted octanol–water partition coefficient (Wildman–Crippen LogP) is 3.17. The number of carbonyl (C=O) groups is 1. The molecule has 1 aromatic carbocycles. The summed E-state index contributed by atoms with van der Waals surface area (Å²) >= 11 is 0. The number of aromatic nitrogens is 3. The molecule has 0 saturated carbocycles. The summed E-state index contributed by atoms with van der Waals surface area (Å²) in [5.41, 5.74) is 0.747. The normalized spacial score (nSPS) is 15.0. The zero-order chi connectivity index (χ0) is 20.3. The van der Waals surface area contributed by atoms with Gasteiger partial charge in [-0.25, -0.2) is 0 Å². The summed E-state index contributed by atoms with van der Waals surface area (Å²) < 4.78 is 5.17. The van der Waals surface area contributed by atoms with Crippen molar-refractivity contribution in [2.75, 3.05) is 44.1 Å². The minimum absolute atomic E-state index is 0.0318. The minimum atomic E-state index is 0.0318. The highest BCUT2D eigenvalue weighted by Crippen LogP contribution is 2.26. The van der Waals surface area contributed by atoms with Crippen LogP contribution >= 0.6 is 0 Å². The van der Waals surface area contributed by atoms with Crippen LogP contribution in [0.3, 0.4) is 0 Å². The largest absolute Gasteiger partial charge is 0.497 e. The molecule has 2 heterocycles. The van der Waals surface area contributed by atoms with Gasteiger partial charge in [0.1, 0.15) is 11.6 Å². The van der Waals surface area contributed by atoms with Crippen molar-refractivity contribution in [3.8, 4) is 5.75 Å². The molecule has 0 unspecified atom stereocenters. The smallest absolute Gasteiger partial charge is 0.230 e. The van der Waals surface area contributed by atoms with Crippen molar-refractivity contribution in [1.29, 1.82) is 0 Å². The fraction of sp³-hybridized carbons (Fsp3) is 0.524. The molecule has 0 atom stereocenters. The summed E-state index contributed by atoms with van der Waals surface area (Å²) in [6, 6.07) is 7.36. The van der Waals surface area contributed by atoms with E-state index in [1.807, 2.05) is 43.3 Å². The summed E-state index contributed by atoms with van der Waals surface area (Å²) in [5, 5.41) is 0. The number of hydrogen-bond acceptors (Lipinski definition) is 7. The quantitative estimate of drug-likeness (QED) is 0.710. The molecule has 0 amide bonds. The zero-order valence-electron chi connectivity index (χ0n) is 17.3. The molecule has 1 aliphatic heterocycles. The lowest BCUT2D eigenvalue weighted by Gasteiger charge is -2.32. The predicted molar refractivity (Wildman–Crippen MR) is 111 cm³/mol. The van der Waals surface area contributed by atoms with Crippen LogP contribution in [0, 0.1) is 5.92 Å². The molecule has 1 aromatic heterocycles. The number of rotatable bonds is 6. The van der Waals surface area contributed by atoms with Gasteiger partial charge in [0.25, 0.3) is 0 Å². The van der Waals surface area contributed by atoms with E-state index in [-0.39, 0.29) is 17.6 Å². The van der Waals surface area contributed by atoms with Crippen molar-refractivity contribution in [3.05, 3.63) is 35.7 Å². The molecule has 7 nitrogen and oxygen atoms in total. The lowest BCUT2D eigenvalue weighted by Crippen LogP contribution is -2.38. The first kappa shape index (κ1) is 20.0. The molecule has 0 spiro atoms. The molecule has 1 fully saturated rings. The van der Waals surface area contributed by atoms with E-state index in [4.69, 9.17) is 4.74 Å². The van der Waals surface area contributed by atoms with Crippen LogP contribution in [0.4, 0.5) is 11.9 Å². The van der Waals surface area contributed by atoms with Gasteiger partial charge < -0.3 is 14.5 Å². The van der Waals surface area contributed by atoms with E-state index in [2.05, 4.69) is 33.7 Å². The van der Waals surface area contributed by atoms with Gasteiger partial charge >= 0.3 is 0 Å². The van der Waals surface area contributed by atoms with Gasteiger partial charge in [0.2, 0.25) is 11.9 Å². The number of carbonyl (C=O) groups excluding carboxylic acids is 1. The number of ketones is 1. The first-order valence-corrected chi connectivity index (χ1v) is 9.75. The molecule has 1 aliphatic rings. The first-order chi connectivity index (χ1) is 13.4. The van der Waals surface area contributed by atoms with Crippen molar-refractivity contribution < 1.29 is 9.53 Å². The van der Waals surface area contributed by atoms with Gasteiger partial charge in [-0.2, -0.15) is 15.0 Å². The van der Waals surface area contributed by atoms with Gasteiger partial charge in [0.15, 0.2) is 5.78 Å². The van der Waals surface area contributed by atoms with Crippen LogP contribution in [0.5, 0.6) is 5.75 Å². The zero-order valence-corrected chi connectivity index (χ0v) is 17.3. The summed E-state index contributed by atoms with van der Waals surface area (Å²) in [7, 11) is 5.49. The van der Waals surface area contributed by atoms with Crippen molar-refractivity contribution >= 4 is 17.7 Å². The molecule has 28 heavy (non-hydrogen) atoms. The molecular formula is C21H29N5O2. The number of nitrogens with zero attached hydrogens (tertiary/aromatic N) is 5. The highest BCUT2D eigenvalue weighted by molar-refractivity contribution is 5.98. The van der Waals surface area contributed by atoms with E-state index < -0.39 is 0 Å². The lowest BCUT2D eigenvalue weighted by atomic mass is 9.89. The van der Waals surface area contributed by atoms with Crippen LogP contribution in [-0.4, -0.2) is 55.0 Å². The van der Waals surface area contributed by atoms with Crippen molar-refractivity contribution in [1.82, 2.24) is 15.0 Å². The number of benzene rings is 1. The Morgan fingerprint density at radius 1 is 1.11 bits per heavy atom. The number of Topliss-reactive ketones (excluding diaryl/α,β-unsaturated/α-hetero) is 1. The third-order valence-corrected chi connectivity index (χ3v) is 5.07. The van der Waals surface area contributed by atoms with E-state index >= 15 is 0 Å². The van der Waals surface area contributed by atoms with E-state index in [0.717, 1.165) is 43.1 Å². The molecule has 1 saturated heterocycles. The van der Waals surface area contributed by atoms with Crippen LogP contribution in [0.15, 0.2) is 24.3 Å². The highest BCUT2D eigenvalue weighted by atomic mass is 16.5. The van der Waals surface area contributed by atoms with Crippen LogP contribution < -0.4 is 14.5 Å². The maximum atomic E-state index is 12.8. The summed E-state index contributed by atoms with van der Waals surface area (Å²) in [5.74, 6) is 3.40. The van der Waals surface area contributed by atoms with E-state index in [1.165, 1.54) is 0 Å². The van der Waals surface area contributed by atoms with E-state index in [0.29, 0.717) is 11.9 Å². The molecular weight excluding hydrogens is 354 g/mol. The van der Waals surface area contributed by atoms with Crippen molar-refractivity contribution in [2.45, 2.75) is 32.6 Å². The second-order valence-corrected chi connectivity index (χ2v) is 7.70. The average Bonchev–Trinajstić information content (AvgIpc) is 2.73. The molecule has 0 N–H and O–H groups in total. The summed E-state index contributed by atoms with van der Waals surface area (Å²) in [4.78, 5) is 30.7. The monoisotopic (exact) mass is 383 g/mol. The van der Waals surface area contributed by atoms with Gasteiger partial charge in [0.05, 0.1) is 7.11 Å². The Bertz CT molecular complexity index is 786. The number of anilines is 2. The van der Waals surface area contributed by atoms with Gasteiger partial charge in [-0.3, -0.25) is 4.79 Å². The second-order valence-electron chi connectivity index (χ2n) is 7.70. The van der Waals surface area contributed by atoms with Gasteiger partial charge in [0, 0.05) is 44.6 Å². The van der Waals surface area contributed by atoms with Crippen LogP contribution in [0.25, 0.3) is 0 Å². The van der Waals surface area contributed by atoms with Gasteiger partial charge in [-0.15, -0.1) is 0 Å². The van der Waals surface area contributed by atoms with Crippen molar-refractivity contribution in [3.63, 3.8) is 0 Å². The standard InChI is InChI=1S/C21H29N5O2/c1-14(2)19-22-20(25(3)4)24-21(23-19)26-12-10-16(11-13-26)18(27)15-6-8-17(28-5)9-7-15/h6-9,14,16H,10-13H2,1-5H3. The number of methoxy groups -OCH3 is 1. The molecule has 0 bridgehead atoms. The van der Waals surface area contributed by atoms with Crippen LogP contribution in [0.2, 0.25) is 0 Å². The van der Waals surface area contributed by atoms with Crippen LogP contribution in [-0.2, 0) is 0 Å². The fourth-order valence-corrected chi connectivity index (χ4v) is 3.30. The molecule has 2 aromatic rings. The first-order valence-electron chi connectivity index (χ1n) is 9.75. The summed E-state index contributed by atoms with van der Waals surface area (Å²) in [6.45, 7) is 5.69. The van der Waals surface area contributed by atoms with E-state index in [1.54, 1.807) is 7.11 Å². The lowest BCUT2D eigenvalue weighted by molar-refractivity contribution is 0.0900. The molecule has 150 valence electrons. The van der Waals surface area contributed by atoms with Gasteiger partial charge in [-0.05, 0) is 37.1 Å². The summed E-state index contributed by atoms with van der Waals surface area (Å²) in [6.07, 6.45) is 1.59. The molecule has 0 aliphatic carbocycles. The number of piperidine rings is 1. The van der Waals surface area contributed by atoms with Crippen molar-refractivity contribution in [2.24, 2.45) is 5.92 Å². The molecule has 3 rings (SSSR count). The fourth-order valence-electron chi connectivity index (χ4n) is 3.30. The maximum absolute atomic E-state index is 12.8. The Balaban J connectivity index is 1.70. The SMILES string of the molecule is COc1ccc(C(=O)C2CCN(c3nc(C(C)C)nc(N(C)C)n3)CC2)cc1. The maximum Gasteiger partial charge on any atom is 0.230 e. The van der Waals surface area contributed by atoms with E-state index in [9.17, 15) is 4.79 Å². The topological polar surface area (TPSA) is 71.5 Å². The Hall–Kier alpha value is -2.70. The molecule has 0 radical (unpaired) electrons. The third-order valence-electron chi connectivity index (χ3n) is 5.07. The minimum Gasteiger partial charge on any atom is -0.497 e. The number of ether oxygens (including phenoxy) is 1. The van der Waals surface area contributed by atoms with Gasteiger partial charge in [-0.1, -0.05) is 13.8 Å². The third kappa shape index (κ3) is 4.40. The Morgan fingerprint density at radius 2 is 1.75 bits per heavy atom. The molecule has 7 heteroatoms. The van der Waals surface area contributed by atoms with Crippen LogP contribution in [0.1, 0.15) is 48.8 Å². The highest BCUT2D eigenvalue weighted by Gasteiger charge is 2.27. The average molecular weight is 383 g/mol. The Morgan fingerprint density at radius 3 is 2.29 bits per heavy atom.